The lowest BCUT2D eigenvalue weighted by atomic mass is 10.1. The van der Waals surface area contributed by atoms with Crippen molar-refractivity contribution in [2.75, 3.05) is 22.9 Å². The number of aromatic nitrogens is 5. The Morgan fingerprint density at radius 3 is 2.33 bits per heavy atom. The summed E-state index contributed by atoms with van der Waals surface area (Å²) in [5.74, 6) is 2.09. The van der Waals surface area contributed by atoms with E-state index in [1.807, 2.05) is 51.1 Å². The van der Waals surface area contributed by atoms with Crippen molar-refractivity contribution in [1.29, 1.82) is 0 Å². The highest BCUT2D eigenvalue weighted by atomic mass is 35.5. The van der Waals surface area contributed by atoms with Crippen molar-refractivity contribution in [3.63, 3.8) is 0 Å². The monoisotopic (exact) mass is 593 g/mol. The van der Waals surface area contributed by atoms with Crippen LogP contribution in [-0.2, 0) is 0 Å². The first-order chi connectivity index (χ1) is 18.8. The summed E-state index contributed by atoms with van der Waals surface area (Å²) in [4.78, 5) is 24.1. The molecule has 0 spiro atoms. The van der Waals surface area contributed by atoms with E-state index in [2.05, 4.69) is 42.7 Å². The summed E-state index contributed by atoms with van der Waals surface area (Å²) in [6.45, 7) is 8.93. The molecule has 212 valence electrons. The number of carbonyl (C=O) groups excluding carboxylic acids is 1. The van der Waals surface area contributed by atoms with Gasteiger partial charge in [-0.1, -0.05) is 81.0 Å². The third-order valence-corrected chi connectivity index (χ3v) is 6.21. The SMILES string of the molecule is CCCCCCCCSC(=O)Oc1cc(Cl)nnc1-c1ccccc1.CCNc1nc(Cl)nc(NC(C)C)n1. The predicted octanol–water partition coefficient (Wildman–Crippen LogP) is 8.17. The topological polar surface area (TPSA) is 115 Å². The van der Waals surface area contributed by atoms with Crippen LogP contribution in [0.3, 0.4) is 0 Å². The molecule has 0 amide bonds. The van der Waals surface area contributed by atoms with Gasteiger partial charge in [0.1, 0.15) is 5.69 Å². The Labute approximate surface area is 245 Å². The molecule has 0 aliphatic carbocycles. The van der Waals surface area contributed by atoms with Crippen LogP contribution in [0.2, 0.25) is 10.4 Å². The van der Waals surface area contributed by atoms with E-state index in [-0.39, 0.29) is 21.8 Å². The maximum absolute atomic E-state index is 12.1. The molecule has 2 heterocycles. The molecule has 3 rings (SSSR count). The fourth-order valence-electron chi connectivity index (χ4n) is 3.29. The number of hydrogen-bond donors (Lipinski definition) is 2. The van der Waals surface area contributed by atoms with Crippen molar-refractivity contribution in [2.24, 2.45) is 0 Å². The molecule has 2 aromatic heterocycles. The van der Waals surface area contributed by atoms with Crippen LogP contribution in [0.1, 0.15) is 66.2 Å². The van der Waals surface area contributed by atoms with Gasteiger partial charge >= 0.3 is 5.30 Å². The first-order valence-corrected chi connectivity index (χ1v) is 14.9. The normalized spacial score (nSPS) is 10.5. The molecule has 1 aromatic carbocycles. The van der Waals surface area contributed by atoms with Crippen LogP contribution in [0, 0.1) is 0 Å². The van der Waals surface area contributed by atoms with Gasteiger partial charge in [0.2, 0.25) is 17.2 Å². The van der Waals surface area contributed by atoms with Gasteiger partial charge in [0.05, 0.1) is 0 Å². The predicted molar refractivity (Wildman–Crippen MR) is 162 cm³/mol. The molecule has 0 aliphatic rings. The number of anilines is 2. The smallest absolute Gasteiger partial charge is 0.372 e. The van der Waals surface area contributed by atoms with Crippen molar-refractivity contribution in [2.45, 2.75) is 72.3 Å². The maximum Gasteiger partial charge on any atom is 0.372 e. The van der Waals surface area contributed by atoms with Crippen molar-refractivity contribution in [3.8, 4) is 17.0 Å². The fourth-order valence-corrected chi connectivity index (χ4v) is 4.25. The van der Waals surface area contributed by atoms with Gasteiger partial charge in [0.25, 0.3) is 0 Å². The zero-order chi connectivity index (χ0) is 28.5. The summed E-state index contributed by atoms with van der Waals surface area (Å²) in [7, 11) is 0. The largest absolute Gasteiger partial charge is 0.416 e. The van der Waals surface area contributed by atoms with Crippen LogP contribution in [0.15, 0.2) is 36.4 Å². The minimum atomic E-state index is -0.338. The first kappa shape index (κ1) is 32.5. The van der Waals surface area contributed by atoms with Gasteiger partial charge in [-0.05, 0) is 50.6 Å². The third kappa shape index (κ3) is 13.3. The van der Waals surface area contributed by atoms with E-state index < -0.39 is 0 Å². The number of halogens is 2. The lowest BCUT2D eigenvalue weighted by molar-refractivity contribution is 0.227. The van der Waals surface area contributed by atoms with Gasteiger partial charge in [-0.25, -0.2) is 4.79 Å². The Balaban J connectivity index is 0.000000322. The van der Waals surface area contributed by atoms with Crippen LogP contribution in [0.5, 0.6) is 5.75 Å². The second kappa shape index (κ2) is 18.6. The molecule has 0 fully saturated rings. The summed E-state index contributed by atoms with van der Waals surface area (Å²) in [6.07, 6.45) is 7.20. The molecule has 0 saturated heterocycles. The highest BCUT2D eigenvalue weighted by molar-refractivity contribution is 8.13. The van der Waals surface area contributed by atoms with Crippen molar-refractivity contribution in [3.05, 3.63) is 46.8 Å². The van der Waals surface area contributed by atoms with Gasteiger partial charge in [0.15, 0.2) is 10.9 Å². The summed E-state index contributed by atoms with van der Waals surface area (Å²) in [5, 5.41) is 14.0. The number of rotatable bonds is 13. The molecule has 0 aliphatic heterocycles. The van der Waals surface area contributed by atoms with Crippen LogP contribution >= 0.6 is 35.0 Å². The van der Waals surface area contributed by atoms with Gasteiger partial charge in [0, 0.05) is 30.0 Å². The standard InChI is InChI=1S/C19H23ClN2O2S.C8H14ClN5/c1-2-3-4-5-6-10-13-25-19(23)24-16-14-17(20)21-22-18(16)15-11-8-7-9-12-15;1-4-10-7-12-6(9)13-8(14-7)11-5(2)3/h7-9,11-12,14H,2-6,10,13H2,1H3;5H,4H2,1-3H3,(H2,10,11,12,13,14). The minimum Gasteiger partial charge on any atom is -0.416 e. The highest BCUT2D eigenvalue weighted by Crippen LogP contribution is 2.30. The lowest BCUT2D eigenvalue weighted by Crippen LogP contribution is -2.14. The molecular formula is C27H37Cl2N7O2S. The quantitative estimate of drug-likeness (QED) is 0.148. The molecule has 2 N–H and O–H groups in total. The third-order valence-electron chi connectivity index (χ3n) is 5.05. The second-order valence-corrected chi connectivity index (χ2v) is 10.6. The summed E-state index contributed by atoms with van der Waals surface area (Å²) in [6, 6.07) is 11.3. The molecule has 0 atom stereocenters. The van der Waals surface area contributed by atoms with Crippen LogP contribution in [0.4, 0.5) is 16.7 Å². The number of carbonyl (C=O) groups is 1. The molecule has 9 nitrogen and oxygen atoms in total. The molecule has 0 radical (unpaired) electrons. The van der Waals surface area contributed by atoms with E-state index in [1.54, 1.807) is 0 Å². The van der Waals surface area contributed by atoms with E-state index in [0.29, 0.717) is 23.3 Å². The average molecular weight is 595 g/mol. The van der Waals surface area contributed by atoms with Gasteiger partial charge < -0.3 is 15.4 Å². The molecule has 0 unspecified atom stereocenters. The van der Waals surface area contributed by atoms with E-state index in [4.69, 9.17) is 27.9 Å². The minimum absolute atomic E-state index is 0.194. The number of thioether (sulfide) groups is 1. The summed E-state index contributed by atoms with van der Waals surface area (Å²) in [5.41, 5.74) is 1.34. The zero-order valence-electron chi connectivity index (χ0n) is 22.9. The first-order valence-electron chi connectivity index (χ1n) is 13.2. The molecule has 0 bridgehead atoms. The molecule has 12 heteroatoms. The Hall–Kier alpha value is -2.69. The Morgan fingerprint density at radius 1 is 0.949 bits per heavy atom. The van der Waals surface area contributed by atoms with Gasteiger partial charge in [-0.2, -0.15) is 15.0 Å². The van der Waals surface area contributed by atoms with E-state index in [1.165, 1.54) is 43.5 Å². The molecule has 0 saturated carbocycles. The van der Waals surface area contributed by atoms with Gasteiger partial charge in [-0.3, -0.25) is 0 Å². The molecule has 39 heavy (non-hydrogen) atoms. The van der Waals surface area contributed by atoms with E-state index in [9.17, 15) is 4.79 Å². The molecular weight excluding hydrogens is 557 g/mol. The Morgan fingerprint density at radius 2 is 1.64 bits per heavy atom. The highest BCUT2D eigenvalue weighted by Gasteiger charge is 2.14. The lowest BCUT2D eigenvalue weighted by Gasteiger charge is -2.09. The number of nitrogens with zero attached hydrogens (tertiary/aromatic N) is 5. The maximum atomic E-state index is 12.1. The van der Waals surface area contributed by atoms with E-state index in [0.717, 1.165) is 30.7 Å². The fraction of sp³-hybridized carbons (Fsp3) is 0.481. The Bertz CT molecular complexity index is 1140. The number of ether oxygens (including phenoxy) is 1. The van der Waals surface area contributed by atoms with Crippen molar-refractivity contribution in [1.82, 2.24) is 25.1 Å². The zero-order valence-corrected chi connectivity index (χ0v) is 25.2. The van der Waals surface area contributed by atoms with E-state index >= 15 is 0 Å². The number of unbranched alkanes of at least 4 members (excludes halogenated alkanes) is 5. The number of nitrogens with one attached hydrogen (secondary N) is 2. The van der Waals surface area contributed by atoms with Crippen molar-refractivity contribution >= 4 is 52.2 Å². The van der Waals surface area contributed by atoms with Crippen LogP contribution < -0.4 is 15.4 Å². The van der Waals surface area contributed by atoms with Crippen LogP contribution in [-0.4, -0.2) is 48.8 Å². The Kier molecular flexibility index (Phi) is 15.5. The number of hydrogen-bond acceptors (Lipinski definition) is 10. The average Bonchev–Trinajstić information content (AvgIpc) is 2.89. The second-order valence-electron chi connectivity index (χ2n) is 8.80. The summed E-state index contributed by atoms with van der Waals surface area (Å²) >= 11 is 12.8. The van der Waals surface area contributed by atoms with Crippen molar-refractivity contribution < 1.29 is 9.53 Å². The van der Waals surface area contributed by atoms with Crippen LogP contribution in [0.25, 0.3) is 11.3 Å². The number of benzene rings is 1. The molecule has 3 aromatic rings. The van der Waals surface area contributed by atoms with Gasteiger partial charge in [-0.15, -0.1) is 10.2 Å². The summed E-state index contributed by atoms with van der Waals surface area (Å²) < 4.78 is 5.46.